The maximum Gasteiger partial charge on any atom is 0.328 e. The number of rotatable bonds is 10. The van der Waals surface area contributed by atoms with Gasteiger partial charge in [0.05, 0.1) is 18.0 Å². The van der Waals surface area contributed by atoms with Crippen molar-refractivity contribution in [2.24, 2.45) is 11.8 Å². The Labute approximate surface area is 182 Å². The third-order valence-corrected chi connectivity index (χ3v) is 5.58. The zero-order valence-corrected chi connectivity index (χ0v) is 18.8. The van der Waals surface area contributed by atoms with Crippen LogP contribution in [0.4, 0.5) is 11.6 Å². The Hall–Kier alpha value is -2.94. The highest BCUT2D eigenvalue weighted by molar-refractivity contribution is 5.76. The number of fused-ring (bicyclic) bond motifs is 1. The first-order valence-corrected chi connectivity index (χ1v) is 10.8. The number of aliphatic hydroxyl groups is 1. The van der Waals surface area contributed by atoms with Crippen LogP contribution in [0.5, 0.6) is 0 Å². The molecule has 168 valence electrons. The molecule has 0 aliphatic heterocycles. The first-order valence-electron chi connectivity index (χ1n) is 10.8. The molecule has 3 rings (SSSR count). The van der Waals surface area contributed by atoms with Crippen molar-refractivity contribution >= 4 is 28.6 Å². The maximum absolute atomic E-state index is 12.0. The minimum atomic E-state index is -0.724. The Bertz CT molecular complexity index is 1010. The largest absolute Gasteiger partial charge is 0.459 e. The van der Waals surface area contributed by atoms with Gasteiger partial charge in [-0.1, -0.05) is 27.2 Å². The minimum Gasteiger partial charge on any atom is -0.459 e. The van der Waals surface area contributed by atoms with Gasteiger partial charge in [0, 0.05) is 30.5 Å². The standard InChI is InChI=1S/C22H32N6O3/c1-6-17(14(2)3)11-27-8-7-18-9-23-22(26-21(18)27)25-19-10-24-28(12-19)13-20(30)31-16(5)15(4)29/h7-10,12,14-17,29H,6,11,13H2,1-5H3,(H,23,25,26). The molecule has 0 radical (unpaired) electrons. The normalized spacial score (nSPS) is 14.5. The van der Waals surface area contributed by atoms with Gasteiger partial charge in [-0.15, -0.1) is 0 Å². The Balaban J connectivity index is 1.68. The van der Waals surface area contributed by atoms with E-state index in [0.29, 0.717) is 23.5 Å². The summed E-state index contributed by atoms with van der Waals surface area (Å²) in [6.45, 7) is 10.8. The predicted octanol–water partition coefficient (Wildman–Crippen LogP) is 3.37. The second kappa shape index (κ2) is 9.91. The van der Waals surface area contributed by atoms with E-state index in [1.54, 1.807) is 32.4 Å². The summed E-state index contributed by atoms with van der Waals surface area (Å²) in [5.41, 5.74) is 1.56. The molecular weight excluding hydrogens is 396 g/mol. The molecule has 0 amide bonds. The molecule has 3 aromatic rings. The van der Waals surface area contributed by atoms with Gasteiger partial charge in [0.15, 0.2) is 0 Å². The zero-order chi connectivity index (χ0) is 22.5. The van der Waals surface area contributed by atoms with Crippen LogP contribution >= 0.6 is 0 Å². The van der Waals surface area contributed by atoms with Crippen LogP contribution in [0.1, 0.15) is 41.0 Å². The second-order valence-electron chi connectivity index (χ2n) is 8.34. The fraction of sp³-hybridized carbons (Fsp3) is 0.545. The first-order chi connectivity index (χ1) is 14.8. The van der Waals surface area contributed by atoms with Crippen LogP contribution in [-0.4, -0.2) is 47.6 Å². The molecule has 0 aromatic carbocycles. The molecule has 0 saturated heterocycles. The molecule has 9 heteroatoms. The Morgan fingerprint density at radius 2 is 2.03 bits per heavy atom. The number of hydrogen-bond acceptors (Lipinski definition) is 7. The molecule has 3 aromatic heterocycles. The summed E-state index contributed by atoms with van der Waals surface area (Å²) in [6, 6.07) is 2.03. The number of ether oxygens (including phenoxy) is 1. The van der Waals surface area contributed by atoms with Crippen LogP contribution in [0.2, 0.25) is 0 Å². The van der Waals surface area contributed by atoms with E-state index in [9.17, 15) is 9.90 Å². The van der Waals surface area contributed by atoms with E-state index < -0.39 is 18.2 Å². The summed E-state index contributed by atoms with van der Waals surface area (Å²) in [5, 5.41) is 17.8. The van der Waals surface area contributed by atoms with Crippen molar-refractivity contribution in [2.45, 2.75) is 66.3 Å². The van der Waals surface area contributed by atoms with Gasteiger partial charge < -0.3 is 19.7 Å². The van der Waals surface area contributed by atoms with Gasteiger partial charge in [-0.25, -0.2) is 4.98 Å². The van der Waals surface area contributed by atoms with Crippen molar-refractivity contribution < 1.29 is 14.6 Å². The molecular formula is C22H32N6O3. The van der Waals surface area contributed by atoms with Gasteiger partial charge in [-0.3, -0.25) is 9.48 Å². The van der Waals surface area contributed by atoms with Crippen LogP contribution in [0, 0.1) is 11.8 Å². The summed E-state index contributed by atoms with van der Waals surface area (Å²) in [7, 11) is 0. The molecule has 0 bridgehead atoms. The van der Waals surface area contributed by atoms with E-state index in [2.05, 4.69) is 46.9 Å². The Morgan fingerprint density at radius 1 is 1.26 bits per heavy atom. The highest BCUT2D eigenvalue weighted by atomic mass is 16.6. The average Bonchev–Trinajstić information content (AvgIpc) is 3.32. The smallest absolute Gasteiger partial charge is 0.328 e. The highest BCUT2D eigenvalue weighted by Gasteiger charge is 2.16. The van der Waals surface area contributed by atoms with Crippen LogP contribution in [0.25, 0.3) is 11.0 Å². The molecule has 3 unspecified atom stereocenters. The molecule has 3 heterocycles. The van der Waals surface area contributed by atoms with Crippen molar-refractivity contribution in [3.8, 4) is 0 Å². The summed E-state index contributed by atoms with van der Waals surface area (Å²) in [6.07, 6.45) is 6.97. The molecule has 0 fully saturated rings. The molecule has 0 saturated carbocycles. The van der Waals surface area contributed by atoms with Gasteiger partial charge in [-0.05, 0) is 31.7 Å². The SMILES string of the molecule is CCC(Cn1ccc2cnc(Nc3cnn(CC(=O)OC(C)C(C)O)c3)nc21)C(C)C. The number of carbonyl (C=O) groups excluding carboxylic acids is 1. The highest BCUT2D eigenvalue weighted by Crippen LogP contribution is 2.22. The van der Waals surface area contributed by atoms with Crippen molar-refractivity contribution in [1.82, 2.24) is 24.3 Å². The lowest BCUT2D eigenvalue weighted by molar-refractivity contribution is -0.154. The Morgan fingerprint density at radius 3 is 2.71 bits per heavy atom. The van der Waals surface area contributed by atoms with E-state index in [4.69, 9.17) is 9.72 Å². The molecule has 0 aliphatic rings. The van der Waals surface area contributed by atoms with Crippen LogP contribution < -0.4 is 5.32 Å². The number of esters is 1. The van der Waals surface area contributed by atoms with Gasteiger partial charge >= 0.3 is 5.97 Å². The number of anilines is 2. The molecule has 31 heavy (non-hydrogen) atoms. The minimum absolute atomic E-state index is 0.0465. The molecule has 0 aliphatic carbocycles. The molecule has 0 spiro atoms. The van der Waals surface area contributed by atoms with E-state index in [0.717, 1.165) is 24.0 Å². The van der Waals surface area contributed by atoms with E-state index >= 15 is 0 Å². The second-order valence-corrected chi connectivity index (χ2v) is 8.34. The molecule has 3 atom stereocenters. The van der Waals surface area contributed by atoms with Crippen molar-refractivity contribution in [2.75, 3.05) is 5.32 Å². The van der Waals surface area contributed by atoms with Gasteiger partial charge in [-0.2, -0.15) is 10.1 Å². The van der Waals surface area contributed by atoms with E-state index in [1.165, 1.54) is 4.68 Å². The lowest BCUT2D eigenvalue weighted by Crippen LogP contribution is -2.27. The molecule has 2 N–H and O–H groups in total. The predicted molar refractivity (Wildman–Crippen MR) is 119 cm³/mol. The average molecular weight is 429 g/mol. The third kappa shape index (κ3) is 5.81. The maximum atomic E-state index is 12.0. The van der Waals surface area contributed by atoms with Crippen LogP contribution in [0.15, 0.2) is 30.9 Å². The third-order valence-electron chi connectivity index (χ3n) is 5.58. The summed E-state index contributed by atoms with van der Waals surface area (Å²) in [4.78, 5) is 21.0. The summed E-state index contributed by atoms with van der Waals surface area (Å²) in [5.74, 6) is 1.18. The number of aromatic nitrogens is 5. The topological polar surface area (TPSA) is 107 Å². The first kappa shape index (κ1) is 22.7. The fourth-order valence-corrected chi connectivity index (χ4v) is 3.36. The lowest BCUT2D eigenvalue weighted by Gasteiger charge is -2.20. The summed E-state index contributed by atoms with van der Waals surface area (Å²) >= 11 is 0. The van der Waals surface area contributed by atoms with Crippen molar-refractivity contribution in [1.29, 1.82) is 0 Å². The van der Waals surface area contributed by atoms with Gasteiger partial charge in [0.2, 0.25) is 5.95 Å². The zero-order valence-electron chi connectivity index (χ0n) is 18.8. The quantitative estimate of drug-likeness (QED) is 0.477. The Kier molecular flexibility index (Phi) is 7.27. The lowest BCUT2D eigenvalue weighted by atomic mass is 9.93. The summed E-state index contributed by atoms with van der Waals surface area (Å²) < 4.78 is 8.80. The van der Waals surface area contributed by atoms with Crippen molar-refractivity contribution in [3.05, 3.63) is 30.9 Å². The number of carbonyl (C=O) groups is 1. The molecule has 9 nitrogen and oxygen atoms in total. The number of nitrogens with one attached hydrogen (secondary N) is 1. The monoisotopic (exact) mass is 428 g/mol. The van der Waals surface area contributed by atoms with Gasteiger partial charge in [0.1, 0.15) is 18.3 Å². The van der Waals surface area contributed by atoms with Crippen molar-refractivity contribution in [3.63, 3.8) is 0 Å². The van der Waals surface area contributed by atoms with Crippen LogP contribution in [-0.2, 0) is 22.6 Å². The number of nitrogens with zero attached hydrogens (tertiary/aromatic N) is 5. The number of aliphatic hydroxyl groups excluding tert-OH is 1. The number of hydrogen-bond donors (Lipinski definition) is 2. The van der Waals surface area contributed by atoms with Gasteiger partial charge in [0.25, 0.3) is 0 Å². The van der Waals surface area contributed by atoms with E-state index in [1.807, 2.05) is 6.07 Å². The van der Waals surface area contributed by atoms with Crippen LogP contribution in [0.3, 0.4) is 0 Å². The van der Waals surface area contributed by atoms with E-state index in [-0.39, 0.29) is 6.54 Å². The fourth-order valence-electron chi connectivity index (χ4n) is 3.36.